The molecular weight excluding hydrogens is 350 g/mol. The molecule has 1 aliphatic heterocycles. The molecule has 0 atom stereocenters. The number of benzene rings is 1. The third-order valence-electron chi connectivity index (χ3n) is 4.26. The van der Waals surface area contributed by atoms with Gasteiger partial charge >= 0.3 is 0 Å². The second kappa shape index (κ2) is 7.13. The first-order chi connectivity index (χ1) is 12.7. The zero-order valence-electron chi connectivity index (χ0n) is 14.0. The minimum absolute atomic E-state index is 0.0198. The van der Waals surface area contributed by atoms with Gasteiger partial charge in [0.1, 0.15) is 0 Å². The molecular formula is C19H17N3O3S. The summed E-state index contributed by atoms with van der Waals surface area (Å²) in [7, 11) is 0. The molecule has 0 spiro atoms. The van der Waals surface area contributed by atoms with Crippen molar-refractivity contribution in [2.24, 2.45) is 0 Å². The predicted octanol–water partition coefficient (Wildman–Crippen LogP) is 3.51. The van der Waals surface area contributed by atoms with Crippen LogP contribution in [-0.2, 0) is 17.6 Å². The smallest absolute Gasteiger partial charge is 0.293 e. The maximum atomic E-state index is 12.7. The molecule has 4 rings (SSSR count). The fraction of sp³-hybridized carbons (Fsp3) is 0.211. The first-order valence-corrected chi connectivity index (χ1v) is 9.26. The molecule has 1 N–H and O–H groups in total. The van der Waals surface area contributed by atoms with Gasteiger partial charge < -0.3 is 9.32 Å². The van der Waals surface area contributed by atoms with E-state index in [-0.39, 0.29) is 24.0 Å². The highest BCUT2D eigenvalue weighted by atomic mass is 32.1. The van der Waals surface area contributed by atoms with E-state index >= 15 is 0 Å². The molecule has 0 bridgehead atoms. The Balaban J connectivity index is 1.43. The Morgan fingerprint density at radius 1 is 1.23 bits per heavy atom. The highest BCUT2D eigenvalue weighted by Crippen LogP contribution is 2.27. The number of para-hydroxylation sites is 1. The Labute approximate surface area is 154 Å². The second-order valence-corrected chi connectivity index (χ2v) is 6.89. The van der Waals surface area contributed by atoms with Crippen LogP contribution in [-0.4, -0.2) is 23.3 Å². The second-order valence-electron chi connectivity index (χ2n) is 6.03. The average Bonchev–Trinajstić information content (AvgIpc) is 3.33. The largest absolute Gasteiger partial charge is 0.459 e. The van der Waals surface area contributed by atoms with E-state index in [9.17, 15) is 9.59 Å². The van der Waals surface area contributed by atoms with Gasteiger partial charge in [0.05, 0.1) is 18.4 Å². The number of fused-ring (bicyclic) bond motifs is 1. The molecule has 6 nitrogen and oxygen atoms in total. The van der Waals surface area contributed by atoms with E-state index in [4.69, 9.17) is 4.42 Å². The van der Waals surface area contributed by atoms with Crippen molar-refractivity contribution >= 4 is 34.0 Å². The van der Waals surface area contributed by atoms with E-state index in [0.29, 0.717) is 10.8 Å². The fourth-order valence-corrected chi connectivity index (χ4v) is 3.76. The molecule has 2 aromatic heterocycles. The number of hydrogen-bond donors (Lipinski definition) is 1. The summed E-state index contributed by atoms with van der Waals surface area (Å²) in [5, 5.41) is 4.93. The molecule has 1 aromatic carbocycles. The Hall–Kier alpha value is -2.93. The molecule has 0 unspecified atom stereocenters. The lowest BCUT2D eigenvalue weighted by Crippen LogP contribution is -2.36. The first kappa shape index (κ1) is 16.5. The zero-order valence-corrected chi connectivity index (χ0v) is 14.8. The molecule has 0 radical (unpaired) electrons. The van der Waals surface area contributed by atoms with Crippen molar-refractivity contribution in [1.29, 1.82) is 0 Å². The summed E-state index contributed by atoms with van der Waals surface area (Å²) in [6, 6.07) is 11.2. The molecule has 0 fully saturated rings. The number of nitrogens with one attached hydrogen (secondary N) is 1. The van der Waals surface area contributed by atoms with Gasteiger partial charge in [0.2, 0.25) is 5.91 Å². The molecule has 26 heavy (non-hydrogen) atoms. The van der Waals surface area contributed by atoms with Crippen LogP contribution >= 0.6 is 11.3 Å². The van der Waals surface area contributed by atoms with E-state index in [1.54, 1.807) is 17.5 Å². The third-order valence-corrected chi connectivity index (χ3v) is 5.07. The van der Waals surface area contributed by atoms with Crippen LogP contribution < -0.4 is 10.2 Å². The van der Waals surface area contributed by atoms with Gasteiger partial charge in [-0.15, -0.1) is 11.3 Å². The van der Waals surface area contributed by atoms with Crippen molar-refractivity contribution in [2.75, 3.05) is 16.8 Å². The van der Waals surface area contributed by atoms with Crippen molar-refractivity contribution in [3.05, 3.63) is 65.1 Å². The van der Waals surface area contributed by atoms with Crippen molar-refractivity contribution in [3.8, 4) is 0 Å². The molecule has 3 aromatic rings. The van der Waals surface area contributed by atoms with Gasteiger partial charge in [-0.2, -0.15) is 0 Å². The van der Waals surface area contributed by atoms with E-state index in [1.807, 2.05) is 23.1 Å². The van der Waals surface area contributed by atoms with E-state index in [1.165, 1.54) is 23.2 Å². The molecule has 7 heteroatoms. The third kappa shape index (κ3) is 3.39. The quantitative estimate of drug-likeness (QED) is 0.766. The predicted molar refractivity (Wildman–Crippen MR) is 99.6 cm³/mol. The maximum absolute atomic E-state index is 12.7. The number of carbonyl (C=O) groups excluding carboxylic acids is 2. The topological polar surface area (TPSA) is 75.4 Å². The van der Waals surface area contributed by atoms with E-state index in [0.717, 1.165) is 25.1 Å². The monoisotopic (exact) mass is 367 g/mol. The van der Waals surface area contributed by atoms with Crippen LogP contribution in [0.2, 0.25) is 0 Å². The van der Waals surface area contributed by atoms with Gasteiger partial charge in [0.25, 0.3) is 5.91 Å². The SMILES string of the molecule is O=C(Nc1nc(CC(=O)N2CCCc3ccccc32)cs1)c1ccco1. The van der Waals surface area contributed by atoms with Gasteiger partial charge in [-0.1, -0.05) is 18.2 Å². The van der Waals surface area contributed by atoms with Crippen molar-refractivity contribution in [3.63, 3.8) is 0 Å². The van der Waals surface area contributed by atoms with Crippen LogP contribution in [0, 0.1) is 0 Å². The Morgan fingerprint density at radius 2 is 2.12 bits per heavy atom. The summed E-state index contributed by atoms with van der Waals surface area (Å²) < 4.78 is 5.06. The number of nitrogens with zero attached hydrogens (tertiary/aromatic N) is 2. The Kier molecular flexibility index (Phi) is 4.53. The van der Waals surface area contributed by atoms with Crippen molar-refractivity contribution in [2.45, 2.75) is 19.3 Å². The normalized spacial score (nSPS) is 13.3. The summed E-state index contributed by atoms with van der Waals surface area (Å²) in [4.78, 5) is 30.9. The van der Waals surface area contributed by atoms with Gasteiger partial charge in [-0.25, -0.2) is 4.98 Å². The number of carbonyl (C=O) groups is 2. The number of aromatic nitrogens is 1. The van der Waals surface area contributed by atoms with Crippen LogP contribution in [0.5, 0.6) is 0 Å². The average molecular weight is 367 g/mol. The molecule has 0 aliphatic carbocycles. The number of anilines is 2. The first-order valence-electron chi connectivity index (χ1n) is 8.38. The zero-order chi connectivity index (χ0) is 17.9. The number of aryl methyl sites for hydroxylation is 1. The summed E-state index contributed by atoms with van der Waals surface area (Å²) in [5.74, 6) is -0.110. The number of rotatable bonds is 4. The van der Waals surface area contributed by atoms with E-state index < -0.39 is 0 Å². The van der Waals surface area contributed by atoms with Crippen LogP contribution in [0.15, 0.2) is 52.5 Å². The molecule has 2 amide bonds. The number of amides is 2. The maximum Gasteiger partial charge on any atom is 0.293 e. The van der Waals surface area contributed by atoms with Crippen LogP contribution in [0.1, 0.15) is 28.2 Å². The lowest BCUT2D eigenvalue weighted by molar-refractivity contribution is -0.118. The van der Waals surface area contributed by atoms with E-state index in [2.05, 4.69) is 16.4 Å². The highest BCUT2D eigenvalue weighted by Gasteiger charge is 2.23. The van der Waals surface area contributed by atoms with Gasteiger partial charge in [-0.3, -0.25) is 14.9 Å². The van der Waals surface area contributed by atoms with Crippen LogP contribution in [0.25, 0.3) is 0 Å². The number of thiazole rings is 1. The number of hydrogen-bond acceptors (Lipinski definition) is 5. The molecule has 0 saturated heterocycles. The Morgan fingerprint density at radius 3 is 2.96 bits per heavy atom. The summed E-state index contributed by atoms with van der Waals surface area (Å²) in [6.45, 7) is 0.724. The van der Waals surface area contributed by atoms with Crippen molar-refractivity contribution < 1.29 is 14.0 Å². The summed E-state index contributed by atoms with van der Waals surface area (Å²) in [6.07, 6.45) is 3.61. The minimum atomic E-state index is -0.354. The molecule has 1 aliphatic rings. The lowest BCUT2D eigenvalue weighted by atomic mass is 10.0. The van der Waals surface area contributed by atoms with Crippen LogP contribution in [0.3, 0.4) is 0 Å². The Bertz CT molecular complexity index is 933. The summed E-state index contributed by atoms with van der Waals surface area (Å²) >= 11 is 1.29. The van der Waals surface area contributed by atoms with Gasteiger partial charge in [0.15, 0.2) is 10.9 Å². The van der Waals surface area contributed by atoms with Gasteiger partial charge in [0, 0.05) is 17.6 Å². The molecule has 3 heterocycles. The van der Waals surface area contributed by atoms with Gasteiger partial charge in [-0.05, 0) is 36.6 Å². The fourth-order valence-electron chi connectivity index (χ4n) is 3.06. The lowest BCUT2D eigenvalue weighted by Gasteiger charge is -2.29. The standard InChI is InChI=1S/C19H17N3O3S/c23-17(22-9-3-6-13-5-1-2-7-15(13)22)11-14-12-26-19(20-14)21-18(24)16-8-4-10-25-16/h1-2,4-5,7-8,10,12H,3,6,9,11H2,(H,20,21,24). The number of furan rings is 1. The highest BCUT2D eigenvalue weighted by molar-refractivity contribution is 7.14. The summed E-state index contributed by atoms with van der Waals surface area (Å²) in [5.41, 5.74) is 2.85. The molecule has 132 valence electrons. The van der Waals surface area contributed by atoms with Crippen LogP contribution in [0.4, 0.5) is 10.8 Å². The molecule has 0 saturated carbocycles. The van der Waals surface area contributed by atoms with Crippen molar-refractivity contribution in [1.82, 2.24) is 4.98 Å². The minimum Gasteiger partial charge on any atom is -0.459 e.